The summed E-state index contributed by atoms with van der Waals surface area (Å²) in [6.07, 6.45) is 0.771. The van der Waals surface area contributed by atoms with Gasteiger partial charge in [-0.05, 0) is 41.7 Å². The van der Waals surface area contributed by atoms with Crippen LogP contribution in [0.5, 0.6) is 0 Å². The molecule has 2 unspecified atom stereocenters. The number of nitrogens with zero attached hydrogens (tertiary/aromatic N) is 2. The molecule has 332 valence electrons. The van der Waals surface area contributed by atoms with Gasteiger partial charge in [0, 0.05) is 54.8 Å². The zero-order valence-electron chi connectivity index (χ0n) is 33.7. The van der Waals surface area contributed by atoms with Gasteiger partial charge in [0.2, 0.25) is 23.6 Å². The molecule has 0 aliphatic heterocycles. The third-order valence-electron chi connectivity index (χ3n) is 9.26. The minimum atomic E-state index is -1.70. The van der Waals surface area contributed by atoms with Gasteiger partial charge in [0.05, 0.1) is 18.6 Å². The molecule has 0 bridgehead atoms. The molecule has 18 nitrogen and oxygen atoms in total. The summed E-state index contributed by atoms with van der Waals surface area (Å²) in [5.74, 6) is -9.43. The van der Waals surface area contributed by atoms with Crippen molar-refractivity contribution in [3.63, 3.8) is 0 Å². The number of halogens is 2. The van der Waals surface area contributed by atoms with Crippen molar-refractivity contribution >= 4 is 53.3 Å². The van der Waals surface area contributed by atoms with E-state index in [9.17, 15) is 53.3 Å². The van der Waals surface area contributed by atoms with E-state index in [1.54, 1.807) is 16.8 Å². The second kappa shape index (κ2) is 22.6. The van der Waals surface area contributed by atoms with Crippen LogP contribution >= 0.6 is 11.8 Å². The van der Waals surface area contributed by atoms with Gasteiger partial charge < -0.3 is 57.3 Å². The number of carboxylic acid groups (broad SMARTS) is 3. The molecule has 0 aliphatic carbocycles. The van der Waals surface area contributed by atoms with E-state index in [2.05, 4.69) is 16.0 Å². The molecule has 0 spiro atoms. The smallest absolute Gasteiger partial charge is 0.328 e. The number of hydrogen-bond acceptors (Lipinski definition) is 11. The molecule has 0 fully saturated rings. The van der Waals surface area contributed by atoms with E-state index >= 15 is 4.39 Å². The highest BCUT2D eigenvalue weighted by atomic mass is 32.2. The van der Waals surface area contributed by atoms with Crippen molar-refractivity contribution in [2.45, 2.75) is 69.6 Å². The van der Waals surface area contributed by atoms with Crippen molar-refractivity contribution in [3.05, 3.63) is 83.7 Å². The summed E-state index contributed by atoms with van der Waals surface area (Å²) in [7, 11) is 0. The Bertz CT molecular complexity index is 2050. The standard InChI is InChI=1S/C40H51F2N7O11S/c1-40(2,3)35(30-13-23(25-14-24(41)9-10-26(25)42)19-48(30)18-22-7-5-4-6-8-22)49(34(53)20-50)12-11-27(43)36(54)47-29(38(57)58)16-45-33(52)17-46-32(51)15-31(39(59)60)61-21-28(44)37(55)56/h4-10,13-14,19,27-29,31,35,50H,11-12,15-18,20-21,43-44H2,1-3H3,(H,45,52)(H,46,51)(H,47,54)(H,55,56)(H,57,58)(H,59,60)/t27-,28-,29+,31?,35?/m0/s1. The number of aliphatic carboxylic acids is 3. The lowest BCUT2D eigenvalue weighted by Gasteiger charge is -2.41. The van der Waals surface area contributed by atoms with Gasteiger partial charge in [-0.1, -0.05) is 51.1 Å². The number of carbonyl (C=O) groups is 7. The molecule has 61 heavy (non-hydrogen) atoms. The normalized spacial score (nSPS) is 13.8. The van der Waals surface area contributed by atoms with E-state index in [0.717, 1.165) is 23.8 Å². The number of thioether (sulfide) groups is 1. The predicted molar refractivity (Wildman–Crippen MR) is 219 cm³/mol. The van der Waals surface area contributed by atoms with Gasteiger partial charge in [-0.15, -0.1) is 11.8 Å². The molecule has 21 heteroatoms. The number of benzene rings is 2. The Labute approximate surface area is 354 Å². The van der Waals surface area contributed by atoms with Crippen molar-refractivity contribution in [2.24, 2.45) is 16.9 Å². The van der Waals surface area contributed by atoms with Gasteiger partial charge >= 0.3 is 17.9 Å². The van der Waals surface area contributed by atoms with Gasteiger partial charge in [0.15, 0.2) is 0 Å². The first-order chi connectivity index (χ1) is 28.6. The number of aromatic nitrogens is 1. The van der Waals surface area contributed by atoms with Crippen molar-refractivity contribution in [3.8, 4) is 11.1 Å². The number of aliphatic hydroxyl groups is 1. The Morgan fingerprint density at radius 2 is 1.54 bits per heavy atom. The zero-order chi connectivity index (χ0) is 45.6. The lowest BCUT2D eigenvalue weighted by molar-refractivity contribution is -0.142. The van der Waals surface area contributed by atoms with Crippen LogP contribution in [0.1, 0.15) is 50.9 Å². The minimum Gasteiger partial charge on any atom is -0.480 e. The summed E-state index contributed by atoms with van der Waals surface area (Å²) in [5, 5.41) is 43.4. The van der Waals surface area contributed by atoms with Gasteiger partial charge in [-0.2, -0.15) is 0 Å². The SMILES string of the molecule is CC(C)(C)C(c1cc(-c2cc(F)ccc2F)cn1Cc1ccccc1)N(CC[C@H](N)C(=O)N[C@H](CNC(=O)CNC(=O)CC(SC[C@H](N)C(=O)O)C(=O)O)C(=O)O)C(=O)CO. The van der Waals surface area contributed by atoms with E-state index in [4.69, 9.17) is 16.6 Å². The number of aliphatic hydroxyl groups excluding tert-OH is 1. The number of rotatable bonds is 23. The molecule has 1 aromatic heterocycles. The average Bonchev–Trinajstić information content (AvgIpc) is 3.60. The van der Waals surface area contributed by atoms with Gasteiger partial charge in [-0.3, -0.25) is 28.8 Å². The molecule has 11 N–H and O–H groups in total. The molecule has 0 aliphatic rings. The van der Waals surface area contributed by atoms with Crippen LogP contribution in [-0.4, -0.2) is 127 Å². The summed E-state index contributed by atoms with van der Waals surface area (Å²) >= 11 is 0.628. The van der Waals surface area contributed by atoms with Gasteiger partial charge in [-0.25, -0.2) is 13.6 Å². The number of carbonyl (C=O) groups excluding carboxylic acids is 4. The van der Waals surface area contributed by atoms with Crippen LogP contribution in [0.4, 0.5) is 8.78 Å². The fraction of sp³-hybridized carbons (Fsp3) is 0.425. The Balaban J connectivity index is 1.73. The maximum Gasteiger partial charge on any atom is 0.328 e. The Morgan fingerprint density at radius 3 is 2.13 bits per heavy atom. The van der Waals surface area contributed by atoms with Crippen molar-refractivity contribution in [1.29, 1.82) is 0 Å². The summed E-state index contributed by atoms with van der Waals surface area (Å²) < 4.78 is 31.2. The predicted octanol–water partition coefficient (Wildman–Crippen LogP) is 0.897. The molecule has 3 aromatic rings. The first-order valence-electron chi connectivity index (χ1n) is 18.9. The van der Waals surface area contributed by atoms with Crippen LogP contribution in [0.3, 0.4) is 0 Å². The van der Waals surface area contributed by atoms with Crippen molar-refractivity contribution in [2.75, 3.05) is 32.0 Å². The summed E-state index contributed by atoms with van der Waals surface area (Å²) in [6.45, 7) is 3.24. The van der Waals surface area contributed by atoms with Crippen LogP contribution in [0.25, 0.3) is 11.1 Å². The van der Waals surface area contributed by atoms with E-state index < -0.39 is 114 Å². The molecule has 1 heterocycles. The molecule has 2 aromatic carbocycles. The first-order valence-corrected chi connectivity index (χ1v) is 19.9. The summed E-state index contributed by atoms with van der Waals surface area (Å²) in [4.78, 5) is 87.1. The van der Waals surface area contributed by atoms with Crippen LogP contribution < -0.4 is 27.4 Å². The van der Waals surface area contributed by atoms with Crippen molar-refractivity contribution < 1.29 is 62.8 Å². The number of carboxylic acids is 3. The topological polar surface area (TPSA) is 297 Å². The molecule has 0 saturated heterocycles. The molecule has 3 rings (SSSR count). The number of nitrogens with two attached hydrogens (primary N) is 2. The molecular weight excluding hydrogens is 825 g/mol. The van der Waals surface area contributed by atoms with E-state index in [1.165, 1.54) is 4.90 Å². The highest BCUT2D eigenvalue weighted by molar-refractivity contribution is 8.00. The molecule has 0 radical (unpaired) electrons. The van der Waals surface area contributed by atoms with E-state index in [1.807, 2.05) is 51.1 Å². The number of amides is 4. The highest BCUT2D eigenvalue weighted by Gasteiger charge is 2.38. The maximum atomic E-state index is 15.1. The lowest BCUT2D eigenvalue weighted by Crippen LogP contribution is -2.54. The third-order valence-corrected chi connectivity index (χ3v) is 10.6. The van der Waals surface area contributed by atoms with Crippen LogP contribution in [-0.2, 0) is 40.1 Å². The quantitative estimate of drug-likeness (QED) is 0.0640. The first kappa shape index (κ1) is 49.5. The van der Waals surface area contributed by atoms with Gasteiger partial charge in [0.1, 0.15) is 35.6 Å². The molecule has 0 saturated carbocycles. The lowest BCUT2D eigenvalue weighted by atomic mass is 9.82. The Kier molecular flexibility index (Phi) is 18.4. The second-order valence-electron chi connectivity index (χ2n) is 15.1. The summed E-state index contributed by atoms with van der Waals surface area (Å²) in [5.41, 5.74) is 12.4. The zero-order valence-corrected chi connectivity index (χ0v) is 34.5. The number of nitrogens with one attached hydrogen (secondary N) is 3. The monoisotopic (exact) mass is 875 g/mol. The molecular formula is C40H51F2N7O11S. The largest absolute Gasteiger partial charge is 0.480 e. The fourth-order valence-corrected chi connectivity index (χ4v) is 7.19. The van der Waals surface area contributed by atoms with E-state index in [-0.39, 0.29) is 30.8 Å². The maximum absolute atomic E-state index is 15.1. The Morgan fingerprint density at radius 1 is 0.869 bits per heavy atom. The van der Waals surface area contributed by atoms with Crippen LogP contribution in [0.15, 0.2) is 60.8 Å². The average molecular weight is 876 g/mol. The fourth-order valence-electron chi connectivity index (χ4n) is 6.19. The van der Waals surface area contributed by atoms with Crippen molar-refractivity contribution in [1.82, 2.24) is 25.4 Å². The second-order valence-corrected chi connectivity index (χ2v) is 16.3. The van der Waals surface area contributed by atoms with Crippen LogP contribution in [0, 0.1) is 17.0 Å². The highest BCUT2D eigenvalue weighted by Crippen LogP contribution is 2.41. The molecule has 5 atom stereocenters. The van der Waals surface area contributed by atoms with Crippen LogP contribution in [0.2, 0.25) is 0 Å². The van der Waals surface area contributed by atoms with E-state index in [0.29, 0.717) is 23.0 Å². The third kappa shape index (κ3) is 15.0. The Hall–Kier alpha value is -5.90. The molecule has 4 amide bonds. The minimum absolute atomic E-state index is 0.0193. The summed E-state index contributed by atoms with van der Waals surface area (Å²) in [6, 6.07) is 8.59. The number of hydrogen-bond donors (Lipinski definition) is 9. The van der Waals surface area contributed by atoms with Gasteiger partial charge in [0.25, 0.3) is 0 Å².